The number of benzene rings is 2. The first-order valence-corrected chi connectivity index (χ1v) is 17.0. The van der Waals surface area contributed by atoms with Gasteiger partial charge in [0.2, 0.25) is 12.0 Å². The van der Waals surface area contributed by atoms with Crippen molar-refractivity contribution in [2.24, 2.45) is 0 Å². The van der Waals surface area contributed by atoms with E-state index >= 15 is 0 Å². The molecule has 6 rings (SSSR count). The molecule has 1 fully saturated rings. The number of piperazine rings is 1. The molecule has 15 heteroatoms. The maximum absolute atomic E-state index is 14.2. The van der Waals surface area contributed by atoms with Gasteiger partial charge in [0.15, 0.2) is 6.79 Å². The number of ether oxygens (including phenoxy) is 4. The van der Waals surface area contributed by atoms with E-state index < -0.39 is 23.9 Å². The fourth-order valence-corrected chi connectivity index (χ4v) is 7.06. The van der Waals surface area contributed by atoms with Crippen molar-refractivity contribution in [3.05, 3.63) is 76.8 Å². The second-order valence-electron chi connectivity index (χ2n) is 11.8. The van der Waals surface area contributed by atoms with Crippen molar-refractivity contribution in [1.82, 2.24) is 19.8 Å². The SMILES string of the molecule is COCOc1cc(F)ccc1C[C@@H](Oc1ncnc2sc(-c3ccc(F)o3)c(-c3ccc(OCCN4CCN(C)CC4)c(Cl)c3C)c12)C(=O)O. The molecule has 1 saturated heterocycles. The summed E-state index contributed by atoms with van der Waals surface area (Å²) in [4.78, 5) is 26.9. The lowest BCUT2D eigenvalue weighted by atomic mass is 9.97. The molecule has 11 nitrogen and oxygen atoms in total. The Hall–Kier alpha value is -4.34. The Labute approximate surface area is 295 Å². The number of thiophene rings is 1. The summed E-state index contributed by atoms with van der Waals surface area (Å²) in [6.45, 7) is 6.82. The first kappa shape index (κ1) is 35.5. The number of aromatic nitrogens is 2. The van der Waals surface area contributed by atoms with E-state index in [0.717, 1.165) is 38.8 Å². The van der Waals surface area contributed by atoms with Gasteiger partial charge in [-0.2, -0.15) is 4.39 Å². The Kier molecular flexibility index (Phi) is 11.1. The fraction of sp³-hybridized carbons (Fsp3) is 0.343. The molecule has 5 aromatic rings. The lowest BCUT2D eigenvalue weighted by Gasteiger charge is -2.32. The monoisotopic (exact) mass is 728 g/mol. The molecular formula is C35H35ClF2N4O7S. The number of nitrogens with zero attached hydrogens (tertiary/aromatic N) is 4. The number of fused-ring (bicyclic) bond motifs is 1. The van der Waals surface area contributed by atoms with Gasteiger partial charge < -0.3 is 33.4 Å². The minimum atomic E-state index is -1.47. The summed E-state index contributed by atoms with van der Waals surface area (Å²) in [7, 11) is 3.52. The van der Waals surface area contributed by atoms with Gasteiger partial charge in [0, 0.05) is 64.0 Å². The predicted octanol–water partition coefficient (Wildman–Crippen LogP) is 6.54. The predicted molar refractivity (Wildman–Crippen MR) is 184 cm³/mol. The van der Waals surface area contributed by atoms with Crippen LogP contribution in [-0.4, -0.2) is 97.2 Å². The molecule has 0 aliphatic carbocycles. The standard InChI is InChI=1S/C35H35ClF2N4O7S/c1-20-23(6-7-24(31(20)36)46-15-14-42-12-10-41(2)11-13-42)29-30-33(39-18-40-34(30)50-32(29)25-8-9-28(38)48-25)49-27(35(43)44)16-21-4-5-22(37)17-26(21)47-19-45-3/h4-9,17-18,27H,10-16,19H2,1-3H3,(H,43,44)/t27-/m1/s1. The van der Waals surface area contributed by atoms with Crippen LogP contribution in [0.3, 0.4) is 0 Å². The summed E-state index contributed by atoms with van der Waals surface area (Å²) in [5.74, 6) is -1.02. The van der Waals surface area contributed by atoms with Crippen LogP contribution >= 0.6 is 22.9 Å². The van der Waals surface area contributed by atoms with E-state index in [1.807, 2.05) is 13.0 Å². The van der Waals surface area contributed by atoms with Crippen LogP contribution in [0.15, 0.2) is 53.2 Å². The van der Waals surface area contributed by atoms with Gasteiger partial charge in [-0.3, -0.25) is 4.90 Å². The first-order valence-electron chi connectivity index (χ1n) is 15.8. The van der Waals surface area contributed by atoms with Crippen LogP contribution in [0.2, 0.25) is 5.02 Å². The number of methoxy groups -OCH3 is 1. The van der Waals surface area contributed by atoms with Crippen molar-refractivity contribution >= 4 is 39.1 Å². The lowest BCUT2D eigenvalue weighted by molar-refractivity contribution is -0.145. The molecular weight excluding hydrogens is 694 g/mol. The van der Waals surface area contributed by atoms with Crippen LogP contribution < -0.4 is 14.2 Å². The Bertz CT molecular complexity index is 1980. The Morgan fingerprint density at radius 3 is 2.60 bits per heavy atom. The molecule has 0 saturated carbocycles. The summed E-state index contributed by atoms with van der Waals surface area (Å²) >= 11 is 8.12. The third kappa shape index (κ3) is 7.84. The number of carbonyl (C=O) groups is 1. The number of furan rings is 1. The zero-order chi connectivity index (χ0) is 35.4. The number of hydrogen-bond acceptors (Lipinski definition) is 11. The molecule has 1 N–H and O–H groups in total. The minimum absolute atomic E-state index is 0.0311. The first-order chi connectivity index (χ1) is 24.1. The van der Waals surface area contributed by atoms with Crippen LogP contribution in [0.4, 0.5) is 8.78 Å². The van der Waals surface area contributed by atoms with Crippen LogP contribution in [0.1, 0.15) is 11.1 Å². The van der Waals surface area contributed by atoms with E-state index in [4.69, 9.17) is 35.0 Å². The van der Waals surface area contributed by atoms with Gasteiger partial charge in [0.25, 0.3) is 6.01 Å². The summed E-state index contributed by atoms with van der Waals surface area (Å²) < 4.78 is 56.3. The van der Waals surface area contributed by atoms with Crippen molar-refractivity contribution < 1.29 is 42.0 Å². The molecule has 1 atom stereocenters. The molecule has 2 aromatic carbocycles. The van der Waals surface area contributed by atoms with Gasteiger partial charge in [0.1, 0.15) is 40.8 Å². The van der Waals surface area contributed by atoms with E-state index in [-0.39, 0.29) is 30.6 Å². The molecule has 1 aliphatic rings. The highest BCUT2D eigenvalue weighted by atomic mass is 35.5. The van der Waals surface area contributed by atoms with Crippen molar-refractivity contribution in [3.63, 3.8) is 0 Å². The van der Waals surface area contributed by atoms with Gasteiger partial charge in [-0.25, -0.2) is 19.2 Å². The Balaban J connectivity index is 1.37. The Morgan fingerprint density at radius 2 is 1.88 bits per heavy atom. The van der Waals surface area contributed by atoms with Crippen molar-refractivity contribution in [2.75, 3.05) is 60.3 Å². The summed E-state index contributed by atoms with van der Waals surface area (Å²) in [6.07, 6.45) is -0.409. The number of carboxylic acid groups (broad SMARTS) is 1. The second kappa shape index (κ2) is 15.7. The maximum atomic E-state index is 14.2. The molecule has 0 bridgehead atoms. The number of carboxylic acids is 1. The van der Waals surface area contributed by atoms with Crippen LogP contribution in [0.5, 0.6) is 17.4 Å². The quantitative estimate of drug-likeness (QED) is 0.126. The number of aliphatic carboxylic acids is 1. The third-order valence-electron chi connectivity index (χ3n) is 8.43. The number of halogens is 3. The zero-order valence-corrected chi connectivity index (χ0v) is 29.2. The highest BCUT2D eigenvalue weighted by molar-refractivity contribution is 7.22. The van der Waals surface area contributed by atoms with Gasteiger partial charge in [0.05, 0.1) is 15.3 Å². The van der Waals surface area contributed by atoms with Crippen molar-refractivity contribution in [1.29, 1.82) is 0 Å². The number of hydrogen-bond donors (Lipinski definition) is 1. The van der Waals surface area contributed by atoms with Crippen LogP contribution in [0, 0.1) is 18.8 Å². The summed E-state index contributed by atoms with van der Waals surface area (Å²) in [5, 5.41) is 11.0. The van der Waals surface area contributed by atoms with Gasteiger partial charge in [-0.1, -0.05) is 23.7 Å². The highest BCUT2D eigenvalue weighted by Crippen LogP contribution is 2.49. The molecule has 264 valence electrons. The van der Waals surface area contributed by atoms with E-state index in [1.165, 1.54) is 49.0 Å². The van der Waals surface area contributed by atoms with Gasteiger partial charge in [-0.15, -0.1) is 11.3 Å². The molecule has 0 spiro atoms. The van der Waals surface area contributed by atoms with Gasteiger partial charge in [-0.05, 0) is 48.9 Å². The van der Waals surface area contributed by atoms with Crippen molar-refractivity contribution in [3.8, 4) is 39.1 Å². The largest absolute Gasteiger partial charge is 0.491 e. The van der Waals surface area contributed by atoms with E-state index in [9.17, 15) is 18.7 Å². The molecule has 3 aromatic heterocycles. The van der Waals surface area contributed by atoms with Crippen LogP contribution in [-0.2, 0) is 16.0 Å². The van der Waals surface area contributed by atoms with Crippen molar-refractivity contribution in [2.45, 2.75) is 19.4 Å². The number of likely N-dealkylation sites (N-methyl/N-ethyl adjacent to an activating group) is 1. The minimum Gasteiger partial charge on any atom is -0.491 e. The molecule has 1 aliphatic heterocycles. The number of rotatable bonds is 14. The highest BCUT2D eigenvalue weighted by Gasteiger charge is 2.29. The van der Waals surface area contributed by atoms with E-state index in [0.29, 0.717) is 54.7 Å². The van der Waals surface area contributed by atoms with Crippen LogP contribution in [0.25, 0.3) is 32.0 Å². The molecule has 0 unspecified atom stereocenters. The van der Waals surface area contributed by atoms with E-state index in [1.54, 1.807) is 6.07 Å². The molecule has 50 heavy (non-hydrogen) atoms. The average molecular weight is 729 g/mol. The molecule has 0 radical (unpaired) electrons. The van der Waals surface area contributed by atoms with Gasteiger partial charge >= 0.3 is 5.97 Å². The third-order valence-corrected chi connectivity index (χ3v) is 10.0. The summed E-state index contributed by atoms with van der Waals surface area (Å²) in [6, 6.07) is 9.31. The summed E-state index contributed by atoms with van der Waals surface area (Å²) in [5.41, 5.74) is 2.20. The molecule has 4 heterocycles. The topological polar surface area (TPSA) is 120 Å². The smallest absolute Gasteiger partial charge is 0.345 e. The van der Waals surface area contributed by atoms with E-state index in [2.05, 4.69) is 26.8 Å². The normalized spacial score (nSPS) is 14.6. The zero-order valence-electron chi connectivity index (χ0n) is 27.6. The average Bonchev–Trinajstić information content (AvgIpc) is 3.71. The molecule has 0 amide bonds. The second-order valence-corrected chi connectivity index (χ2v) is 13.1. The Morgan fingerprint density at radius 1 is 1.08 bits per heavy atom. The fourth-order valence-electron chi connectivity index (χ4n) is 5.73. The lowest BCUT2D eigenvalue weighted by Crippen LogP contribution is -2.45. The maximum Gasteiger partial charge on any atom is 0.345 e.